The third-order valence-corrected chi connectivity index (χ3v) is 3.50. The number of rotatable bonds is 4. The maximum Gasteiger partial charge on any atom is 0.251 e. The molecule has 24 heavy (non-hydrogen) atoms. The van der Waals surface area contributed by atoms with E-state index in [2.05, 4.69) is 10.4 Å². The van der Waals surface area contributed by atoms with Gasteiger partial charge in [-0.15, -0.1) is 0 Å². The Kier molecular flexibility index (Phi) is 4.34. The van der Waals surface area contributed by atoms with Crippen LogP contribution in [0, 0.1) is 17.1 Å². The van der Waals surface area contributed by atoms with Crippen molar-refractivity contribution in [1.82, 2.24) is 15.1 Å². The number of hydrogen-bond donors (Lipinski definition) is 1. The van der Waals surface area contributed by atoms with Crippen LogP contribution < -0.4 is 5.32 Å². The molecule has 0 saturated carbocycles. The van der Waals surface area contributed by atoms with Crippen LogP contribution in [0.3, 0.4) is 0 Å². The third-order valence-electron chi connectivity index (χ3n) is 3.50. The molecule has 0 radical (unpaired) electrons. The maximum atomic E-state index is 13.8. The molecule has 0 bridgehead atoms. The largest absolute Gasteiger partial charge is 0.348 e. The molecule has 5 nitrogen and oxygen atoms in total. The zero-order chi connectivity index (χ0) is 16.9. The normalized spacial score (nSPS) is 10.2. The smallest absolute Gasteiger partial charge is 0.251 e. The summed E-state index contributed by atoms with van der Waals surface area (Å²) in [4.78, 5) is 12.3. The molecule has 0 unspecified atom stereocenters. The lowest BCUT2D eigenvalue weighted by Crippen LogP contribution is -2.23. The predicted octanol–water partition coefficient (Wildman–Crippen LogP) is 2.81. The molecule has 1 N–H and O–H groups in total. The minimum absolute atomic E-state index is 0.0440. The number of amides is 1. The van der Waals surface area contributed by atoms with E-state index >= 15 is 0 Å². The summed E-state index contributed by atoms with van der Waals surface area (Å²) in [6.45, 7) is 0.0440. The van der Waals surface area contributed by atoms with Gasteiger partial charge in [-0.1, -0.05) is 12.1 Å². The van der Waals surface area contributed by atoms with Crippen molar-refractivity contribution >= 4 is 5.91 Å². The summed E-state index contributed by atoms with van der Waals surface area (Å²) >= 11 is 0. The highest BCUT2D eigenvalue weighted by molar-refractivity contribution is 5.94. The third kappa shape index (κ3) is 3.31. The summed E-state index contributed by atoms with van der Waals surface area (Å²) in [6.07, 6.45) is 3.43. The molecule has 6 heteroatoms. The van der Waals surface area contributed by atoms with Crippen molar-refractivity contribution in [3.8, 4) is 11.8 Å². The van der Waals surface area contributed by atoms with Crippen LogP contribution in [0.5, 0.6) is 0 Å². The van der Waals surface area contributed by atoms with Crippen LogP contribution in [0.25, 0.3) is 5.69 Å². The van der Waals surface area contributed by atoms with Gasteiger partial charge in [-0.05, 0) is 36.4 Å². The van der Waals surface area contributed by atoms with E-state index in [1.165, 1.54) is 12.1 Å². The Hall–Kier alpha value is -3.46. The highest BCUT2D eigenvalue weighted by atomic mass is 19.1. The van der Waals surface area contributed by atoms with E-state index in [9.17, 15) is 9.18 Å². The first kappa shape index (κ1) is 15.4. The SMILES string of the molecule is N#Cc1ccc(CNC(=O)c2cccc(-n3cccn3)c2)c(F)c1. The van der Waals surface area contributed by atoms with Crippen molar-refractivity contribution in [2.24, 2.45) is 0 Å². The number of hydrogen-bond acceptors (Lipinski definition) is 3. The minimum Gasteiger partial charge on any atom is -0.348 e. The fraction of sp³-hybridized carbons (Fsp3) is 0.0556. The number of carbonyl (C=O) groups is 1. The lowest BCUT2D eigenvalue weighted by molar-refractivity contribution is 0.0950. The monoisotopic (exact) mass is 320 g/mol. The summed E-state index contributed by atoms with van der Waals surface area (Å²) in [5.74, 6) is -0.826. The summed E-state index contributed by atoms with van der Waals surface area (Å²) in [5.41, 5.74) is 1.79. The first-order valence-electron chi connectivity index (χ1n) is 7.24. The van der Waals surface area contributed by atoms with Crippen molar-refractivity contribution in [2.75, 3.05) is 0 Å². The van der Waals surface area contributed by atoms with Gasteiger partial charge in [0.1, 0.15) is 5.82 Å². The van der Waals surface area contributed by atoms with Gasteiger partial charge < -0.3 is 5.32 Å². The van der Waals surface area contributed by atoms with E-state index in [0.29, 0.717) is 11.1 Å². The first-order chi connectivity index (χ1) is 11.7. The van der Waals surface area contributed by atoms with Crippen LogP contribution in [0.1, 0.15) is 21.5 Å². The lowest BCUT2D eigenvalue weighted by atomic mass is 10.1. The van der Waals surface area contributed by atoms with E-state index in [4.69, 9.17) is 5.26 Å². The van der Waals surface area contributed by atoms with Gasteiger partial charge in [-0.25, -0.2) is 9.07 Å². The second-order valence-electron chi connectivity index (χ2n) is 5.10. The van der Waals surface area contributed by atoms with Gasteiger partial charge >= 0.3 is 0 Å². The van der Waals surface area contributed by atoms with E-state index in [1.54, 1.807) is 41.3 Å². The molecular formula is C18H13FN4O. The number of carbonyl (C=O) groups excluding carboxylic acids is 1. The van der Waals surface area contributed by atoms with Gasteiger partial charge in [0.15, 0.2) is 0 Å². The molecule has 0 aliphatic rings. The molecule has 1 amide bonds. The number of aromatic nitrogens is 2. The minimum atomic E-state index is -0.514. The summed E-state index contributed by atoms with van der Waals surface area (Å²) < 4.78 is 15.5. The van der Waals surface area contributed by atoms with Crippen molar-refractivity contribution in [3.63, 3.8) is 0 Å². The average molecular weight is 320 g/mol. The second-order valence-corrected chi connectivity index (χ2v) is 5.10. The molecule has 3 rings (SSSR count). The van der Waals surface area contributed by atoms with Crippen LogP contribution in [-0.2, 0) is 6.54 Å². The molecule has 0 saturated heterocycles. The van der Waals surface area contributed by atoms with Gasteiger partial charge in [0, 0.05) is 30.1 Å². The van der Waals surface area contributed by atoms with Crippen LogP contribution in [0.15, 0.2) is 60.9 Å². The molecule has 1 heterocycles. The van der Waals surface area contributed by atoms with Crippen molar-refractivity contribution in [3.05, 3.63) is 83.4 Å². The molecule has 118 valence electrons. The number of benzene rings is 2. The quantitative estimate of drug-likeness (QED) is 0.803. The molecule has 2 aromatic carbocycles. The number of nitriles is 1. The fourth-order valence-corrected chi connectivity index (χ4v) is 2.25. The van der Waals surface area contributed by atoms with Gasteiger partial charge in [0.25, 0.3) is 5.91 Å². The molecule has 0 aliphatic carbocycles. The van der Waals surface area contributed by atoms with Crippen LogP contribution in [0.4, 0.5) is 4.39 Å². The summed E-state index contributed by atoms with van der Waals surface area (Å²) in [6, 6.07) is 14.8. The predicted molar refractivity (Wildman–Crippen MR) is 85.8 cm³/mol. The second kappa shape index (κ2) is 6.75. The Bertz CT molecular complexity index is 913. The van der Waals surface area contributed by atoms with Crippen LogP contribution >= 0.6 is 0 Å². The topological polar surface area (TPSA) is 70.7 Å². The summed E-state index contributed by atoms with van der Waals surface area (Å²) in [7, 11) is 0. The van der Waals surface area contributed by atoms with E-state index in [-0.39, 0.29) is 18.0 Å². The molecular weight excluding hydrogens is 307 g/mol. The molecule has 1 aromatic heterocycles. The average Bonchev–Trinajstić information content (AvgIpc) is 3.15. The standard InChI is InChI=1S/C18H13FN4O/c19-17-9-13(11-20)5-6-15(17)12-21-18(24)14-3-1-4-16(10-14)23-8-2-7-22-23/h1-10H,12H2,(H,21,24). The number of nitrogens with zero attached hydrogens (tertiary/aromatic N) is 3. The van der Waals surface area contributed by atoms with Crippen LogP contribution in [-0.4, -0.2) is 15.7 Å². The number of nitrogens with one attached hydrogen (secondary N) is 1. The highest BCUT2D eigenvalue weighted by Crippen LogP contribution is 2.12. The van der Waals surface area contributed by atoms with Gasteiger partial charge in [0.05, 0.1) is 17.3 Å². The Morgan fingerprint density at radius 1 is 1.25 bits per heavy atom. The van der Waals surface area contributed by atoms with Crippen molar-refractivity contribution < 1.29 is 9.18 Å². The van der Waals surface area contributed by atoms with Gasteiger partial charge in [0.2, 0.25) is 0 Å². The Balaban J connectivity index is 1.72. The zero-order valence-electron chi connectivity index (χ0n) is 12.6. The number of halogens is 1. The van der Waals surface area contributed by atoms with Gasteiger partial charge in [-0.2, -0.15) is 10.4 Å². The van der Waals surface area contributed by atoms with Crippen LogP contribution in [0.2, 0.25) is 0 Å². The summed E-state index contributed by atoms with van der Waals surface area (Å²) in [5, 5.41) is 15.5. The lowest BCUT2D eigenvalue weighted by Gasteiger charge is -2.08. The Labute approximate surface area is 138 Å². The van der Waals surface area contributed by atoms with E-state index in [0.717, 1.165) is 11.8 Å². The van der Waals surface area contributed by atoms with E-state index < -0.39 is 5.82 Å². The fourth-order valence-electron chi connectivity index (χ4n) is 2.25. The molecule has 3 aromatic rings. The molecule has 0 atom stereocenters. The molecule has 0 fully saturated rings. The Morgan fingerprint density at radius 3 is 2.83 bits per heavy atom. The molecule has 0 spiro atoms. The maximum absolute atomic E-state index is 13.8. The van der Waals surface area contributed by atoms with E-state index in [1.807, 2.05) is 12.1 Å². The molecule has 0 aliphatic heterocycles. The zero-order valence-corrected chi connectivity index (χ0v) is 12.6. The van der Waals surface area contributed by atoms with Crippen molar-refractivity contribution in [1.29, 1.82) is 5.26 Å². The highest BCUT2D eigenvalue weighted by Gasteiger charge is 2.09. The van der Waals surface area contributed by atoms with Gasteiger partial charge in [-0.3, -0.25) is 4.79 Å². The van der Waals surface area contributed by atoms with Crippen molar-refractivity contribution in [2.45, 2.75) is 6.54 Å². The Morgan fingerprint density at radius 2 is 2.12 bits per heavy atom. The first-order valence-corrected chi connectivity index (χ1v) is 7.24.